The van der Waals surface area contributed by atoms with E-state index < -0.39 is 0 Å². The summed E-state index contributed by atoms with van der Waals surface area (Å²) in [5.74, 6) is 0.940. The molecular weight excluding hydrogens is 212 g/mol. The van der Waals surface area contributed by atoms with Crippen molar-refractivity contribution in [2.45, 2.75) is 39.0 Å². The van der Waals surface area contributed by atoms with E-state index in [2.05, 4.69) is 6.92 Å². The molecule has 1 unspecified atom stereocenters. The normalized spacial score (nSPS) is 12.8. The van der Waals surface area contributed by atoms with Crippen molar-refractivity contribution in [3.8, 4) is 0 Å². The van der Waals surface area contributed by atoms with Crippen molar-refractivity contribution in [1.29, 1.82) is 0 Å². The largest absolute Gasteiger partial charge is 0.467 e. The molecular formula is C15H18O2. The van der Waals surface area contributed by atoms with E-state index >= 15 is 0 Å². The first kappa shape index (κ1) is 11.9. The quantitative estimate of drug-likeness (QED) is 0.766. The van der Waals surface area contributed by atoms with E-state index in [1.165, 1.54) is 0 Å². The van der Waals surface area contributed by atoms with Crippen molar-refractivity contribution in [1.82, 2.24) is 0 Å². The standard InChI is InChI=1S/C15H18O2/c1-3-4-8-13(11(2)16)15-14-9-6-5-7-12(14)10-17-15/h5-7,9-10,13H,3-4,8H2,1-2H3. The smallest absolute Gasteiger partial charge is 0.140 e. The molecule has 0 fully saturated rings. The molecule has 2 nitrogen and oxygen atoms in total. The first-order chi connectivity index (χ1) is 8.24. The molecule has 2 heteroatoms. The van der Waals surface area contributed by atoms with Gasteiger partial charge in [-0.2, -0.15) is 0 Å². The molecule has 0 bridgehead atoms. The molecule has 2 aromatic rings. The number of Topliss-reactive ketones (excluding diaryl/α,β-unsaturated/α-hetero) is 1. The molecule has 0 aliphatic heterocycles. The van der Waals surface area contributed by atoms with Crippen LogP contribution in [0, 0.1) is 0 Å². The summed E-state index contributed by atoms with van der Waals surface area (Å²) in [4.78, 5) is 11.7. The Labute approximate surface area is 102 Å². The molecule has 0 aliphatic rings. The minimum atomic E-state index is -0.0881. The van der Waals surface area contributed by atoms with Crippen LogP contribution in [-0.4, -0.2) is 5.78 Å². The van der Waals surface area contributed by atoms with Crippen LogP contribution in [0.15, 0.2) is 34.9 Å². The second kappa shape index (κ2) is 5.17. The molecule has 90 valence electrons. The number of benzene rings is 1. The minimum absolute atomic E-state index is 0.0881. The Bertz CT molecular complexity index is 510. The summed E-state index contributed by atoms with van der Waals surface area (Å²) in [6.45, 7) is 3.79. The number of furan rings is 1. The highest BCUT2D eigenvalue weighted by atomic mass is 16.3. The van der Waals surface area contributed by atoms with Crippen molar-refractivity contribution in [3.05, 3.63) is 36.3 Å². The molecule has 0 amide bonds. The lowest BCUT2D eigenvalue weighted by Gasteiger charge is -2.10. The molecule has 1 atom stereocenters. The zero-order chi connectivity index (χ0) is 12.3. The zero-order valence-electron chi connectivity index (χ0n) is 10.4. The zero-order valence-corrected chi connectivity index (χ0v) is 10.4. The Morgan fingerprint density at radius 2 is 2.12 bits per heavy atom. The molecule has 0 saturated carbocycles. The molecule has 0 spiro atoms. The van der Waals surface area contributed by atoms with Gasteiger partial charge in [0.1, 0.15) is 11.5 Å². The Balaban J connectivity index is 2.38. The van der Waals surface area contributed by atoms with Gasteiger partial charge in [0.05, 0.1) is 12.2 Å². The third-order valence-electron chi connectivity index (χ3n) is 3.19. The van der Waals surface area contributed by atoms with E-state index in [1.54, 1.807) is 13.2 Å². The van der Waals surface area contributed by atoms with Gasteiger partial charge >= 0.3 is 0 Å². The maximum Gasteiger partial charge on any atom is 0.140 e. The average molecular weight is 230 g/mol. The molecule has 2 rings (SSSR count). The number of hydrogen-bond acceptors (Lipinski definition) is 2. The number of carbonyl (C=O) groups is 1. The summed E-state index contributed by atoms with van der Waals surface area (Å²) in [6.07, 6.45) is 4.78. The number of unbranched alkanes of at least 4 members (excludes halogenated alkanes) is 1. The van der Waals surface area contributed by atoms with Crippen molar-refractivity contribution in [3.63, 3.8) is 0 Å². The molecule has 0 aliphatic carbocycles. The number of fused-ring (bicyclic) bond motifs is 1. The van der Waals surface area contributed by atoms with Gasteiger partial charge in [0.15, 0.2) is 0 Å². The fourth-order valence-corrected chi connectivity index (χ4v) is 2.21. The maximum atomic E-state index is 11.7. The van der Waals surface area contributed by atoms with Crippen LogP contribution < -0.4 is 0 Å². The van der Waals surface area contributed by atoms with E-state index in [0.29, 0.717) is 0 Å². The van der Waals surface area contributed by atoms with Gasteiger partial charge in [-0.15, -0.1) is 0 Å². The van der Waals surface area contributed by atoms with Gasteiger partial charge in [0, 0.05) is 10.8 Å². The minimum Gasteiger partial charge on any atom is -0.467 e. The van der Waals surface area contributed by atoms with Crippen LogP contribution in [0.2, 0.25) is 0 Å². The summed E-state index contributed by atoms with van der Waals surface area (Å²) in [6, 6.07) is 8.00. The Hall–Kier alpha value is -1.57. The Morgan fingerprint density at radius 3 is 2.82 bits per heavy atom. The third kappa shape index (κ3) is 2.41. The number of rotatable bonds is 5. The predicted octanol–water partition coefficient (Wildman–Crippen LogP) is 4.30. The van der Waals surface area contributed by atoms with Gasteiger partial charge in [0.25, 0.3) is 0 Å². The highest BCUT2D eigenvalue weighted by Crippen LogP contribution is 2.31. The number of carbonyl (C=O) groups excluding carboxylic acids is 1. The monoisotopic (exact) mass is 230 g/mol. The van der Waals surface area contributed by atoms with Crippen LogP contribution in [0.4, 0.5) is 0 Å². The van der Waals surface area contributed by atoms with E-state index in [1.807, 2.05) is 24.3 Å². The van der Waals surface area contributed by atoms with Crippen molar-refractivity contribution < 1.29 is 9.21 Å². The highest BCUT2D eigenvalue weighted by molar-refractivity contribution is 5.91. The summed E-state index contributed by atoms with van der Waals surface area (Å²) in [5.41, 5.74) is 0. The van der Waals surface area contributed by atoms with Crippen molar-refractivity contribution in [2.24, 2.45) is 0 Å². The lowest BCUT2D eigenvalue weighted by Crippen LogP contribution is -2.08. The summed E-state index contributed by atoms with van der Waals surface area (Å²) in [5, 5.41) is 2.15. The van der Waals surface area contributed by atoms with Crippen LogP contribution in [0.25, 0.3) is 10.8 Å². The second-order valence-corrected chi connectivity index (χ2v) is 4.49. The topological polar surface area (TPSA) is 30.2 Å². The van der Waals surface area contributed by atoms with Gasteiger partial charge in [-0.1, -0.05) is 44.0 Å². The predicted molar refractivity (Wildman–Crippen MR) is 69.2 cm³/mol. The Kier molecular flexibility index (Phi) is 3.62. The van der Waals surface area contributed by atoms with E-state index in [0.717, 1.165) is 35.8 Å². The maximum absolute atomic E-state index is 11.7. The van der Waals surface area contributed by atoms with E-state index in [4.69, 9.17) is 4.42 Å². The first-order valence-electron chi connectivity index (χ1n) is 6.20. The van der Waals surface area contributed by atoms with Gasteiger partial charge in [-0.05, 0) is 13.3 Å². The molecule has 0 N–H and O–H groups in total. The molecule has 0 radical (unpaired) electrons. The van der Waals surface area contributed by atoms with Crippen LogP contribution in [0.3, 0.4) is 0 Å². The second-order valence-electron chi connectivity index (χ2n) is 4.49. The summed E-state index contributed by atoms with van der Waals surface area (Å²) >= 11 is 0. The first-order valence-corrected chi connectivity index (χ1v) is 6.20. The van der Waals surface area contributed by atoms with Gasteiger partial charge in [-0.25, -0.2) is 0 Å². The number of hydrogen-bond donors (Lipinski definition) is 0. The lowest BCUT2D eigenvalue weighted by molar-refractivity contribution is -0.118. The summed E-state index contributed by atoms with van der Waals surface area (Å²) in [7, 11) is 0. The number of ketones is 1. The molecule has 17 heavy (non-hydrogen) atoms. The van der Waals surface area contributed by atoms with Crippen LogP contribution in [0.5, 0.6) is 0 Å². The van der Waals surface area contributed by atoms with Gasteiger partial charge in [-0.3, -0.25) is 4.79 Å². The van der Waals surface area contributed by atoms with Crippen molar-refractivity contribution in [2.75, 3.05) is 0 Å². The third-order valence-corrected chi connectivity index (χ3v) is 3.19. The average Bonchev–Trinajstić information content (AvgIpc) is 2.73. The molecule has 1 heterocycles. The Morgan fingerprint density at radius 1 is 1.35 bits per heavy atom. The fourth-order valence-electron chi connectivity index (χ4n) is 2.21. The molecule has 0 saturated heterocycles. The van der Waals surface area contributed by atoms with Crippen LogP contribution in [0.1, 0.15) is 44.8 Å². The van der Waals surface area contributed by atoms with E-state index in [9.17, 15) is 4.79 Å². The highest BCUT2D eigenvalue weighted by Gasteiger charge is 2.21. The van der Waals surface area contributed by atoms with Crippen molar-refractivity contribution >= 4 is 16.6 Å². The van der Waals surface area contributed by atoms with E-state index in [-0.39, 0.29) is 11.7 Å². The molecule has 1 aromatic heterocycles. The van der Waals surface area contributed by atoms with Crippen LogP contribution >= 0.6 is 0 Å². The summed E-state index contributed by atoms with van der Waals surface area (Å²) < 4.78 is 5.61. The van der Waals surface area contributed by atoms with Gasteiger partial charge in [0.2, 0.25) is 0 Å². The fraction of sp³-hybridized carbons (Fsp3) is 0.400. The lowest BCUT2D eigenvalue weighted by atomic mass is 9.93. The van der Waals surface area contributed by atoms with Crippen LogP contribution in [-0.2, 0) is 4.79 Å². The van der Waals surface area contributed by atoms with Gasteiger partial charge < -0.3 is 4.42 Å². The molecule has 1 aromatic carbocycles. The SMILES string of the molecule is CCCCC(C(C)=O)c1occ2ccccc12.